The molecule has 2 aromatic rings. The second-order valence-electron chi connectivity index (χ2n) is 10.0. The molecule has 1 atom stereocenters. The van der Waals surface area contributed by atoms with Gasteiger partial charge in [0.25, 0.3) is 5.91 Å². The van der Waals surface area contributed by atoms with Gasteiger partial charge in [-0.05, 0) is 56.1 Å². The second kappa shape index (κ2) is 7.29. The largest absolute Gasteiger partial charge is 0.342 e. The lowest BCUT2D eigenvalue weighted by atomic mass is 10.0. The van der Waals surface area contributed by atoms with Crippen LogP contribution in [0.2, 0.25) is 0 Å². The number of aryl methyl sites for hydroxylation is 1. The first kappa shape index (κ1) is 19.7. The molecule has 0 bridgehead atoms. The molecule has 0 aromatic heterocycles. The summed E-state index contributed by atoms with van der Waals surface area (Å²) in [6.07, 6.45) is 4.76. The van der Waals surface area contributed by atoms with Crippen molar-refractivity contribution in [3.05, 3.63) is 59.7 Å². The quantitative estimate of drug-likeness (QED) is 0.723. The standard InChI is InChI=1S/C27H29N3O2/c1-18-2-4-20(5-3-18)21-6-8-22(9-7-21)24-28-27(13-14-27)26(32)30(24)17-19-12-15-29(16-19)25(31)23-10-11-23/h2-9,19,23H,10-17H2,1H3/t19-/m1/s1. The summed E-state index contributed by atoms with van der Waals surface area (Å²) in [7, 11) is 0. The van der Waals surface area contributed by atoms with Crippen LogP contribution >= 0.6 is 0 Å². The molecule has 0 N–H and O–H groups in total. The molecule has 6 rings (SSSR count). The van der Waals surface area contributed by atoms with E-state index in [-0.39, 0.29) is 11.8 Å². The molecule has 32 heavy (non-hydrogen) atoms. The lowest BCUT2D eigenvalue weighted by molar-refractivity contribution is -0.131. The number of rotatable bonds is 5. The molecule has 2 aliphatic carbocycles. The zero-order valence-electron chi connectivity index (χ0n) is 18.6. The molecule has 4 aliphatic rings. The second-order valence-corrected chi connectivity index (χ2v) is 10.0. The Kier molecular flexibility index (Phi) is 4.49. The van der Waals surface area contributed by atoms with Crippen molar-refractivity contribution in [1.29, 1.82) is 0 Å². The van der Waals surface area contributed by atoms with Gasteiger partial charge in [-0.2, -0.15) is 0 Å². The van der Waals surface area contributed by atoms with Gasteiger partial charge in [-0.1, -0.05) is 54.1 Å². The molecule has 164 valence electrons. The van der Waals surface area contributed by atoms with E-state index in [1.165, 1.54) is 11.1 Å². The van der Waals surface area contributed by atoms with Gasteiger partial charge in [0.2, 0.25) is 5.91 Å². The number of hydrogen-bond acceptors (Lipinski definition) is 3. The Balaban J connectivity index is 1.21. The zero-order valence-corrected chi connectivity index (χ0v) is 18.6. The minimum absolute atomic E-state index is 0.155. The first-order valence-corrected chi connectivity index (χ1v) is 11.9. The first-order chi connectivity index (χ1) is 15.5. The number of amides is 2. The minimum Gasteiger partial charge on any atom is -0.342 e. The predicted molar refractivity (Wildman–Crippen MR) is 124 cm³/mol. The normalized spacial score (nSPS) is 23.7. The molecule has 0 radical (unpaired) electrons. The minimum atomic E-state index is -0.507. The van der Waals surface area contributed by atoms with Crippen molar-refractivity contribution in [2.75, 3.05) is 19.6 Å². The van der Waals surface area contributed by atoms with Crippen LogP contribution in [0.3, 0.4) is 0 Å². The van der Waals surface area contributed by atoms with E-state index >= 15 is 0 Å². The number of aliphatic imine (C=N–C) groups is 1. The van der Waals surface area contributed by atoms with Crippen molar-refractivity contribution >= 4 is 17.6 Å². The van der Waals surface area contributed by atoms with Gasteiger partial charge in [-0.25, -0.2) is 0 Å². The summed E-state index contributed by atoms with van der Waals surface area (Å²) < 4.78 is 0. The van der Waals surface area contributed by atoms with Gasteiger partial charge in [0.1, 0.15) is 11.4 Å². The van der Waals surface area contributed by atoms with Crippen LogP contribution in [0.25, 0.3) is 11.1 Å². The fourth-order valence-corrected chi connectivity index (χ4v) is 5.08. The third-order valence-corrected chi connectivity index (χ3v) is 7.44. The van der Waals surface area contributed by atoms with Crippen LogP contribution in [0, 0.1) is 18.8 Å². The van der Waals surface area contributed by atoms with E-state index in [9.17, 15) is 9.59 Å². The van der Waals surface area contributed by atoms with Crippen LogP contribution in [0.4, 0.5) is 0 Å². The maximum atomic E-state index is 13.2. The first-order valence-electron chi connectivity index (χ1n) is 11.9. The fourth-order valence-electron chi connectivity index (χ4n) is 5.08. The van der Waals surface area contributed by atoms with Gasteiger partial charge in [0, 0.05) is 31.1 Å². The summed E-state index contributed by atoms with van der Waals surface area (Å²) in [6.45, 7) is 4.35. The van der Waals surface area contributed by atoms with Crippen molar-refractivity contribution in [3.8, 4) is 11.1 Å². The van der Waals surface area contributed by atoms with E-state index in [1.54, 1.807) is 0 Å². The SMILES string of the molecule is Cc1ccc(-c2ccc(C3=NC4(CC4)C(=O)N3C[C@@H]3CCN(C(=O)C4CC4)C3)cc2)cc1. The van der Waals surface area contributed by atoms with Gasteiger partial charge in [0.05, 0.1) is 0 Å². The lowest BCUT2D eigenvalue weighted by Gasteiger charge is -2.23. The van der Waals surface area contributed by atoms with E-state index < -0.39 is 5.54 Å². The predicted octanol–water partition coefficient (Wildman–Crippen LogP) is 4.04. The summed E-state index contributed by atoms with van der Waals surface area (Å²) >= 11 is 0. The monoisotopic (exact) mass is 427 g/mol. The van der Waals surface area contributed by atoms with Crippen molar-refractivity contribution in [2.24, 2.45) is 16.8 Å². The van der Waals surface area contributed by atoms with Crippen LogP contribution in [0.15, 0.2) is 53.5 Å². The average molecular weight is 428 g/mol. The number of nitrogens with zero attached hydrogens (tertiary/aromatic N) is 3. The van der Waals surface area contributed by atoms with Gasteiger partial charge in [-0.3, -0.25) is 19.5 Å². The topological polar surface area (TPSA) is 53.0 Å². The Hall–Kier alpha value is -2.95. The van der Waals surface area contributed by atoms with Gasteiger partial charge >= 0.3 is 0 Å². The summed E-state index contributed by atoms with van der Waals surface area (Å²) in [5.74, 6) is 1.88. The Labute approximate surface area is 189 Å². The summed E-state index contributed by atoms with van der Waals surface area (Å²) in [4.78, 5) is 34.6. The van der Waals surface area contributed by atoms with Gasteiger partial charge in [-0.15, -0.1) is 0 Å². The van der Waals surface area contributed by atoms with Crippen molar-refractivity contribution in [1.82, 2.24) is 9.80 Å². The Morgan fingerprint density at radius 1 is 0.969 bits per heavy atom. The average Bonchev–Trinajstić information content (AvgIpc) is 3.73. The molecule has 2 amide bonds. The van der Waals surface area contributed by atoms with Crippen molar-refractivity contribution < 1.29 is 9.59 Å². The molecular weight excluding hydrogens is 398 g/mol. The number of likely N-dealkylation sites (tertiary alicyclic amines) is 1. The van der Waals surface area contributed by atoms with Crippen LogP contribution in [0.1, 0.15) is 43.2 Å². The van der Waals surface area contributed by atoms with E-state index in [4.69, 9.17) is 4.99 Å². The van der Waals surface area contributed by atoms with E-state index in [0.717, 1.165) is 62.2 Å². The number of carbonyl (C=O) groups excluding carboxylic acids is 2. The molecule has 2 aliphatic heterocycles. The van der Waals surface area contributed by atoms with Crippen LogP contribution in [-0.4, -0.2) is 52.6 Å². The molecule has 1 saturated heterocycles. The third-order valence-electron chi connectivity index (χ3n) is 7.44. The summed E-state index contributed by atoms with van der Waals surface area (Å²) in [5, 5.41) is 0. The molecule has 1 spiro atoms. The van der Waals surface area contributed by atoms with E-state index in [1.807, 2.05) is 9.80 Å². The molecule has 2 aromatic carbocycles. The van der Waals surface area contributed by atoms with Crippen LogP contribution < -0.4 is 0 Å². The third kappa shape index (κ3) is 3.44. The fraction of sp³-hybridized carbons (Fsp3) is 0.444. The molecule has 2 saturated carbocycles. The molecule has 2 heterocycles. The molecular formula is C27H29N3O2. The highest BCUT2D eigenvalue weighted by molar-refractivity contribution is 6.16. The highest BCUT2D eigenvalue weighted by atomic mass is 16.2. The highest BCUT2D eigenvalue weighted by Gasteiger charge is 2.57. The zero-order chi connectivity index (χ0) is 21.9. The van der Waals surface area contributed by atoms with Crippen molar-refractivity contribution in [3.63, 3.8) is 0 Å². The Morgan fingerprint density at radius 3 is 2.22 bits per heavy atom. The van der Waals surface area contributed by atoms with Gasteiger partial charge in [0.15, 0.2) is 0 Å². The lowest BCUT2D eigenvalue weighted by Crippen LogP contribution is -2.40. The molecule has 5 heteroatoms. The molecule has 5 nitrogen and oxygen atoms in total. The smallest absolute Gasteiger partial charge is 0.256 e. The van der Waals surface area contributed by atoms with E-state index in [2.05, 4.69) is 55.5 Å². The molecule has 3 fully saturated rings. The van der Waals surface area contributed by atoms with E-state index in [0.29, 0.717) is 18.4 Å². The number of benzene rings is 2. The highest BCUT2D eigenvalue weighted by Crippen LogP contribution is 2.46. The maximum Gasteiger partial charge on any atom is 0.256 e. The summed E-state index contributed by atoms with van der Waals surface area (Å²) in [5.41, 5.74) is 4.10. The molecule has 0 unspecified atom stereocenters. The number of amidine groups is 1. The Morgan fingerprint density at radius 2 is 1.59 bits per heavy atom. The summed E-state index contributed by atoms with van der Waals surface area (Å²) in [6, 6.07) is 17.0. The number of hydrogen-bond donors (Lipinski definition) is 0. The number of carbonyl (C=O) groups is 2. The van der Waals surface area contributed by atoms with Crippen LogP contribution in [-0.2, 0) is 9.59 Å². The maximum absolute atomic E-state index is 13.2. The van der Waals surface area contributed by atoms with Crippen LogP contribution in [0.5, 0.6) is 0 Å². The van der Waals surface area contributed by atoms with Crippen molar-refractivity contribution in [2.45, 2.75) is 44.6 Å². The Bertz CT molecular complexity index is 1090. The van der Waals surface area contributed by atoms with Gasteiger partial charge < -0.3 is 4.90 Å².